The highest BCUT2D eigenvalue weighted by atomic mass is 16.5. The summed E-state index contributed by atoms with van der Waals surface area (Å²) < 4.78 is 12.0. The van der Waals surface area contributed by atoms with E-state index < -0.39 is 5.97 Å². The first-order chi connectivity index (χ1) is 11.0. The Balaban J connectivity index is 2.23. The summed E-state index contributed by atoms with van der Waals surface area (Å²) in [4.78, 5) is 25.8. The van der Waals surface area contributed by atoms with Gasteiger partial charge in [0, 0.05) is 26.9 Å². The predicted molar refractivity (Wildman–Crippen MR) is 85.9 cm³/mol. The van der Waals surface area contributed by atoms with E-state index in [1.807, 2.05) is 6.20 Å². The summed E-state index contributed by atoms with van der Waals surface area (Å²) in [5, 5.41) is 0. The highest BCUT2D eigenvalue weighted by molar-refractivity contribution is 5.88. The molecule has 0 bridgehead atoms. The Labute approximate surface area is 136 Å². The Hall–Kier alpha value is -2.08. The van der Waals surface area contributed by atoms with E-state index in [2.05, 4.69) is 6.58 Å². The standard InChI is InChI=1S/C17H24N2O4/c1-5-16(20)19(13-7-6-8-15(13)22-3)11-12-9-14(17(21)23-4)18(2)10-12/h5,9-10,13,15H,1,6-8,11H2,2-4H3/t13-,15+/m0/s1. The average molecular weight is 320 g/mol. The van der Waals surface area contributed by atoms with E-state index in [1.54, 1.807) is 29.7 Å². The predicted octanol–water partition coefficient (Wildman–Crippen LogP) is 1.89. The summed E-state index contributed by atoms with van der Waals surface area (Å²) in [5.41, 5.74) is 1.34. The minimum atomic E-state index is -0.393. The van der Waals surface area contributed by atoms with E-state index in [1.165, 1.54) is 13.2 Å². The lowest BCUT2D eigenvalue weighted by Crippen LogP contribution is -2.43. The lowest BCUT2D eigenvalue weighted by molar-refractivity contribution is -0.131. The molecule has 0 aromatic carbocycles. The lowest BCUT2D eigenvalue weighted by atomic mass is 10.1. The smallest absolute Gasteiger partial charge is 0.354 e. The van der Waals surface area contributed by atoms with Gasteiger partial charge in [-0.1, -0.05) is 6.58 Å². The summed E-state index contributed by atoms with van der Waals surface area (Å²) >= 11 is 0. The van der Waals surface area contributed by atoms with Gasteiger partial charge in [0.1, 0.15) is 5.69 Å². The van der Waals surface area contributed by atoms with Crippen molar-refractivity contribution in [3.05, 3.63) is 36.2 Å². The molecule has 0 N–H and O–H groups in total. The lowest BCUT2D eigenvalue weighted by Gasteiger charge is -2.31. The number of carbonyl (C=O) groups excluding carboxylic acids is 2. The van der Waals surface area contributed by atoms with E-state index in [0.29, 0.717) is 12.2 Å². The van der Waals surface area contributed by atoms with Gasteiger partial charge in [-0.15, -0.1) is 0 Å². The maximum Gasteiger partial charge on any atom is 0.354 e. The molecular weight excluding hydrogens is 296 g/mol. The quantitative estimate of drug-likeness (QED) is 0.593. The third-order valence-electron chi connectivity index (χ3n) is 4.39. The van der Waals surface area contributed by atoms with Crippen molar-refractivity contribution in [1.29, 1.82) is 0 Å². The van der Waals surface area contributed by atoms with Crippen molar-refractivity contribution < 1.29 is 19.1 Å². The van der Waals surface area contributed by atoms with Gasteiger partial charge in [0.15, 0.2) is 0 Å². The molecule has 0 aliphatic heterocycles. The number of aromatic nitrogens is 1. The fraction of sp³-hybridized carbons (Fsp3) is 0.529. The van der Waals surface area contributed by atoms with Gasteiger partial charge in [-0.25, -0.2) is 4.79 Å². The molecule has 2 rings (SSSR count). The molecular formula is C17H24N2O4. The van der Waals surface area contributed by atoms with Crippen LogP contribution in [0.4, 0.5) is 0 Å². The molecule has 0 saturated heterocycles. The fourth-order valence-electron chi connectivity index (χ4n) is 3.24. The summed E-state index contributed by atoms with van der Waals surface area (Å²) in [7, 11) is 4.81. The van der Waals surface area contributed by atoms with Crippen molar-refractivity contribution in [3.8, 4) is 0 Å². The number of methoxy groups -OCH3 is 2. The molecule has 2 atom stereocenters. The maximum atomic E-state index is 12.3. The summed E-state index contributed by atoms with van der Waals surface area (Å²) in [6.45, 7) is 4.02. The Morgan fingerprint density at radius 1 is 1.43 bits per heavy atom. The van der Waals surface area contributed by atoms with Crippen LogP contribution in [0.1, 0.15) is 35.3 Å². The van der Waals surface area contributed by atoms with Gasteiger partial charge in [0.25, 0.3) is 0 Å². The first-order valence-corrected chi connectivity index (χ1v) is 7.71. The number of aryl methyl sites for hydroxylation is 1. The molecule has 0 spiro atoms. The molecule has 6 heteroatoms. The van der Waals surface area contributed by atoms with Crippen LogP contribution in [0.2, 0.25) is 0 Å². The Morgan fingerprint density at radius 2 is 2.17 bits per heavy atom. The summed E-state index contributed by atoms with van der Waals surface area (Å²) in [6, 6.07) is 1.79. The first kappa shape index (κ1) is 17.3. The molecule has 0 unspecified atom stereocenters. The van der Waals surface area contributed by atoms with Crippen molar-refractivity contribution in [2.24, 2.45) is 7.05 Å². The van der Waals surface area contributed by atoms with Crippen molar-refractivity contribution >= 4 is 11.9 Å². The minimum Gasteiger partial charge on any atom is -0.464 e. The molecule has 1 aromatic heterocycles. The number of hydrogen-bond donors (Lipinski definition) is 0. The second-order valence-corrected chi connectivity index (χ2v) is 5.78. The van der Waals surface area contributed by atoms with Crippen LogP contribution >= 0.6 is 0 Å². The molecule has 23 heavy (non-hydrogen) atoms. The van der Waals surface area contributed by atoms with Crippen molar-refractivity contribution in [2.75, 3.05) is 14.2 Å². The highest BCUT2D eigenvalue weighted by Gasteiger charge is 2.34. The van der Waals surface area contributed by atoms with Crippen molar-refractivity contribution in [1.82, 2.24) is 9.47 Å². The molecule has 6 nitrogen and oxygen atoms in total. The molecule has 0 radical (unpaired) electrons. The maximum absolute atomic E-state index is 12.3. The number of rotatable bonds is 6. The normalized spacial score (nSPS) is 20.3. The largest absolute Gasteiger partial charge is 0.464 e. The second kappa shape index (κ2) is 7.46. The van der Waals surface area contributed by atoms with Gasteiger partial charge in [-0.05, 0) is 37.0 Å². The van der Waals surface area contributed by atoms with Gasteiger partial charge in [0.05, 0.1) is 19.3 Å². The fourth-order valence-corrected chi connectivity index (χ4v) is 3.24. The molecule has 1 aliphatic carbocycles. The summed E-state index contributed by atoms with van der Waals surface area (Å²) in [6.07, 6.45) is 6.11. The van der Waals surface area contributed by atoms with Gasteiger partial charge in [-0.2, -0.15) is 0 Å². The van der Waals surface area contributed by atoms with Crippen molar-refractivity contribution in [3.63, 3.8) is 0 Å². The van der Waals surface area contributed by atoms with Crippen LogP contribution in [0.3, 0.4) is 0 Å². The third-order valence-corrected chi connectivity index (χ3v) is 4.39. The number of amides is 1. The van der Waals surface area contributed by atoms with E-state index in [9.17, 15) is 9.59 Å². The van der Waals surface area contributed by atoms with Gasteiger partial charge >= 0.3 is 5.97 Å². The number of carbonyl (C=O) groups is 2. The summed E-state index contributed by atoms with van der Waals surface area (Å²) in [5.74, 6) is -0.515. The van der Waals surface area contributed by atoms with Gasteiger partial charge in [0.2, 0.25) is 5.91 Å². The molecule has 1 fully saturated rings. The molecule has 1 amide bonds. The Morgan fingerprint density at radius 3 is 2.78 bits per heavy atom. The monoisotopic (exact) mass is 320 g/mol. The van der Waals surface area contributed by atoms with Gasteiger partial charge in [-0.3, -0.25) is 4.79 Å². The highest BCUT2D eigenvalue weighted by Crippen LogP contribution is 2.28. The average Bonchev–Trinajstić information content (AvgIpc) is 3.17. The van der Waals surface area contributed by atoms with E-state index in [4.69, 9.17) is 9.47 Å². The number of hydrogen-bond acceptors (Lipinski definition) is 4. The number of esters is 1. The van der Waals surface area contributed by atoms with Crippen LogP contribution in [0.5, 0.6) is 0 Å². The topological polar surface area (TPSA) is 60.8 Å². The second-order valence-electron chi connectivity index (χ2n) is 5.78. The zero-order chi connectivity index (χ0) is 17.0. The van der Waals surface area contributed by atoms with Crippen LogP contribution in [-0.2, 0) is 27.9 Å². The molecule has 1 aliphatic rings. The molecule has 1 aromatic rings. The van der Waals surface area contributed by atoms with Crippen LogP contribution in [-0.4, -0.2) is 47.7 Å². The van der Waals surface area contributed by atoms with Gasteiger partial charge < -0.3 is 18.9 Å². The molecule has 126 valence electrons. The third kappa shape index (κ3) is 3.64. The van der Waals surface area contributed by atoms with E-state index in [-0.39, 0.29) is 18.1 Å². The minimum absolute atomic E-state index is 0.0345. The number of ether oxygens (including phenoxy) is 2. The molecule has 1 saturated carbocycles. The molecule has 1 heterocycles. The van der Waals surface area contributed by atoms with Crippen LogP contribution in [0.15, 0.2) is 24.9 Å². The van der Waals surface area contributed by atoms with Crippen LogP contribution in [0.25, 0.3) is 0 Å². The Bertz CT molecular complexity index is 593. The van der Waals surface area contributed by atoms with Crippen LogP contribution in [0, 0.1) is 0 Å². The van der Waals surface area contributed by atoms with Crippen molar-refractivity contribution in [2.45, 2.75) is 38.0 Å². The van der Waals surface area contributed by atoms with Crippen LogP contribution < -0.4 is 0 Å². The van der Waals surface area contributed by atoms with E-state index in [0.717, 1.165) is 24.8 Å². The zero-order valence-electron chi connectivity index (χ0n) is 13.9. The SMILES string of the molecule is C=CC(=O)N(Cc1cc(C(=O)OC)n(C)c1)[C@H]1CCC[C@H]1OC. The number of nitrogens with zero attached hydrogens (tertiary/aromatic N) is 2. The first-order valence-electron chi connectivity index (χ1n) is 7.71. The van der Waals surface area contributed by atoms with E-state index >= 15 is 0 Å². The zero-order valence-corrected chi connectivity index (χ0v) is 13.9. The Kier molecular flexibility index (Phi) is 5.60.